The Labute approximate surface area is 82.2 Å². The Morgan fingerprint density at radius 3 is 2.71 bits per heavy atom. The van der Waals surface area contributed by atoms with Gasteiger partial charge in [0.1, 0.15) is 0 Å². The van der Waals surface area contributed by atoms with Crippen LogP contribution in [0.4, 0.5) is 0 Å². The van der Waals surface area contributed by atoms with Gasteiger partial charge in [0.2, 0.25) is 0 Å². The molecular weight excluding hydrogens is 176 g/mol. The fourth-order valence-corrected chi connectivity index (χ4v) is 1.59. The summed E-state index contributed by atoms with van der Waals surface area (Å²) in [6.45, 7) is 4.35. The summed E-state index contributed by atoms with van der Waals surface area (Å²) in [5.74, 6) is 0.540. The fourth-order valence-electron chi connectivity index (χ4n) is 1.59. The van der Waals surface area contributed by atoms with Crippen molar-refractivity contribution < 1.29 is 0 Å². The second-order valence-corrected chi connectivity index (χ2v) is 3.69. The van der Waals surface area contributed by atoms with Gasteiger partial charge in [-0.1, -0.05) is 19.9 Å². The molecule has 0 radical (unpaired) electrons. The summed E-state index contributed by atoms with van der Waals surface area (Å²) in [4.78, 5) is 16.5. The highest BCUT2D eigenvalue weighted by Gasteiger charge is 2.04. The largest absolute Gasteiger partial charge is 0.323 e. The van der Waals surface area contributed by atoms with E-state index in [1.807, 2.05) is 12.1 Å². The molecule has 0 bridgehead atoms. The van der Waals surface area contributed by atoms with E-state index in [1.54, 1.807) is 0 Å². The molecule has 3 heteroatoms. The smallest absolute Gasteiger partial charge is 0.306 e. The van der Waals surface area contributed by atoms with Crippen LogP contribution in [0.3, 0.4) is 0 Å². The average molecular weight is 190 g/mol. The third-order valence-corrected chi connectivity index (χ3v) is 2.72. The number of H-pyrrole nitrogens is 2. The summed E-state index contributed by atoms with van der Waals surface area (Å²) in [5.41, 5.74) is 2.91. The molecule has 0 aliphatic rings. The standard InChI is InChI=1S/C11H14N2O/c1-3-7(2)8-4-5-9-10(6-8)13-11(14)12-9/h4-7H,3H2,1-2H3,(H2,12,13,14). The molecule has 0 aliphatic heterocycles. The number of nitrogens with one attached hydrogen (secondary N) is 2. The van der Waals surface area contributed by atoms with Gasteiger partial charge in [0.25, 0.3) is 0 Å². The molecule has 1 atom stereocenters. The molecule has 1 aromatic heterocycles. The van der Waals surface area contributed by atoms with Crippen LogP contribution in [0.15, 0.2) is 23.0 Å². The van der Waals surface area contributed by atoms with Crippen LogP contribution >= 0.6 is 0 Å². The monoisotopic (exact) mass is 190 g/mol. The van der Waals surface area contributed by atoms with Gasteiger partial charge in [-0.15, -0.1) is 0 Å². The molecule has 3 nitrogen and oxygen atoms in total. The van der Waals surface area contributed by atoms with Gasteiger partial charge in [-0.2, -0.15) is 0 Å². The minimum absolute atomic E-state index is 0.138. The van der Waals surface area contributed by atoms with Crippen LogP contribution in [0.25, 0.3) is 11.0 Å². The molecule has 0 spiro atoms. The quantitative estimate of drug-likeness (QED) is 0.750. The molecule has 2 rings (SSSR count). The lowest BCUT2D eigenvalue weighted by Crippen LogP contribution is -1.99. The number of aromatic nitrogens is 2. The van der Waals surface area contributed by atoms with Crippen molar-refractivity contribution >= 4 is 11.0 Å². The maximum atomic E-state index is 11.0. The molecule has 0 saturated carbocycles. The molecule has 2 N–H and O–H groups in total. The first kappa shape index (κ1) is 9.06. The van der Waals surface area contributed by atoms with Crippen molar-refractivity contribution in [1.29, 1.82) is 0 Å². The van der Waals surface area contributed by atoms with E-state index in [2.05, 4.69) is 29.9 Å². The van der Waals surface area contributed by atoms with Crippen molar-refractivity contribution in [2.24, 2.45) is 0 Å². The Balaban J connectivity index is 2.55. The van der Waals surface area contributed by atoms with Crippen LogP contribution < -0.4 is 5.69 Å². The second-order valence-electron chi connectivity index (χ2n) is 3.69. The zero-order valence-corrected chi connectivity index (χ0v) is 8.42. The van der Waals surface area contributed by atoms with Crippen LogP contribution in [0, 0.1) is 0 Å². The molecule has 1 heterocycles. The minimum Gasteiger partial charge on any atom is -0.306 e. The highest BCUT2D eigenvalue weighted by molar-refractivity contribution is 5.75. The van der Waals surface area contributed by atoms with Gasteiger partial charge < -0.3 is 9.97 Å². The molecule has 0 saturated heterocycles. The van der Waals surface area contributed by atoms with Crippen molar-refractivity contribution in [1.82, 2.24) is 9.97 Å². The molecule has 1 aromatic carbocycles. The Morgan fingerprint density at radius 2 is 2.00 bits per heavy atom. The van der Waals surface area contributed by atoms with Crippen LogP contribution in [0.2, 0.25) is 0 Å². The van der Waals surface area contributed by atoms with Crippen LogP contribution in [0.1, 0.15) is 31.7 Å². The zero-order valence-electron chi connectivity index (χ0n) is 8.42. The van der Waals surface area contributed by atoms with Gasteiger partial charge in [0, 0.05) is 0 Å². The van der Waals surface area contributed by atoms with E-state index in [-0.39, 0.29) is 5.69 Å². The molecule has 1 unspecified atom stereocenters. The highest BCUT2D eigenvalue weighted by atomic mass is 16.1. The molecule has 0 amide bonds. The van der Waals surface area contributed by atoms with Crippen LogP contribution in [0.5, 0.6) is 0 Å². The van der Waals surface area contributed by atoms with E-state index >= 15 is 0 Å². The molecule has 14 heavy (non-hydrogen) atoms. The van der Waals surface area contributed by atoms with Gasteiger partial charge in [-0.05, 0) is 30.0 Å². The SMILES string of the molecule is CCC(C)c1ccc2[nH]c(=O)[nH]c2c1. The Kier molecular flexibility index (Phi) is 2.15. The predicted molar refractivity (Wildman–Crippen MR) is 57.6 cm³/mol. The van der Waals surface area contributed by atoms with Gasteiger partial charge in [-0.3, -0.25) is 0 Å². The summed E-state index contributed by atoms with van der Waals surface area (Å²) in [5, 5.41) is 0. The maximum absolute atomic E-state index is 11.0. The third kappa shape index (κ3) is 1.45. The molecule has 0 aliphatic carbocycles. The average Bonchev–Trinajstić information content (AvgIpc) is 2.55. The Bertz CT molecular complexity index is 495. The number of benzene rings is 1. The minimum atomic E-state index is -0.138. The van der Waals surface area contributed by atoms with Crippen molar-refractivity contribution in [3.8, 4) is 0 Å². The van der Waals surface area contributed by atoms with E-state index in [0.717, 1.165) is 17.5 Å². The van der Waals surface area contributed by atoms with E-state index < -0.39 is 0 Å². The van der Waals surface area contributed by atoms with Crippen molar-refractivity contribution in [2.45, 2.75) is 26.2 Å². The summed E-state index contributed by atoms with van der Waals surface area (Å²) < 4.78 is 0. The fraction of sp³-hybridized carbons (Fsp3) is 0.364. The number of fused-ring (bicyclic) bond motifs is 1. The van der Waals surface area contributed by atoms with E-state index in [9.17, 15) is 4.79 Å². The Hall–Kier alpha value is -1.51. The normalized spacial score (nSPS) is 13.3. The van der Waals surface area contributed by atoms with E-state index in [4.69, 9.17) is 0 Å². The lowest BCUT2D eigenvalue weighted by atomic mass is 9.98. The van der Waals surface area contributed by atoms with Gasteiger partial charge in [-0.25, -0.2) is 4.79 Å². The first-order chi connectivity index (χ1) is 6.70. The number of rotatable bonds is 2. The van der Waals surface area contributed by atoms with Gasteiger partial charge in [0.05, 0.1) is 11.0 Å². The van der Waals surface area contributed by atoms with Crippen molar-refractivity contribution in [3.05, 3.63) is 34.2 Å². The predicted octanol–water partition coefficient (Wildman–Crippen LogP) is 2.37. The van der Waals surface area contributed by atoms with Crippen molar-refractivity contribution in [2.75, 3.05) is 0 Å². The van der Waals surface area contributed by atoms with E-state index in [0.29, 0.717) is 5.92 Å². The zero-order chi connectivity index (χ0) is 10.1. The summed E-state index contributed by atoms with van der Waals surface area (Å²) in [6, 6.07) is 6.07. The highest BCUT2D eigenvalue weighted by Crippen LogP contribution is 2.20. The molecular formula is C11H14N2O. The number of hydrogen-bond acceptors (Lipinski definition) is 1. The summed E-state index contributed by atoms with van der Waals surface area (Å²) in [6.07, 6.45) is 1.11. The Morgan fingerprint density at radius 1 is 1.29 bits per heavy atom. The van der Waals surface area contributed by atoms with Crippen LogP contribution in [-0.2, 0) is 0 Å². The lowest BCUT2D eigenvalue weighted by molar-refractivity contribution is 0.734. The van der Waals surface area contributed by atoms with Gasteiger partial charge >= 0.3 is 5.69 Å². The van der Waals surface area contributed by atoms with Crippen molar-refractivity contribution in [3.63, 3.8) is 0 Å². The summed E-state index contributed by atoms with van der Waals surface area (Å²) >= 11 is 0. The number of imidazole rings is 1. The van der Waals surface area contributed by atoms with Gasteiger partial charge in [0.15, 0.2) is 0 Å². The molecule has 74 valence electrons. The number of aromatic amines is 2. The topological polar surface area (TPSA) is 48.6 Å². The second kappa shape index (κ2) is 3.33. The van der Waals surface area contributed by atoms with E-state index in [1.165, 1.54) is 5.56 Å². The first-order valence-electron chi connectivity index (χ1n) is 4.92. The molecule has 2 aromatic rings. The lowest BCUT2D eigenvalue weighted by Gasteiger charge is -2.07. The molecule has 0 fully saturated rings. The maximum Gasteiger partial charge on any atom is 0.323 e. The number of hydrogen-bond donors (Lipinski definition) is 2. The van der Waals surface area contributed by atoms with Crippen LogP contribution in [-0.4, -0.2) is 9.97 Å². The first-order valence-corrected chi connectivity index (χ1v) is 4.92. The third-order valence-electron chi connectivity index (χ3n) is 2.72. The summed E-state index contributed by atoms with van der Waals surface area (Å²) in [7, 11) is 0.